The van der Waals surface area contributed by atoms with Crippen LogP contribution in [0.4, 0.5) is 8.78 Å². The Bertz CT molecular complexity index is 2700. The molecule has 0 saturated carbocycles. The molecule has 4 aromatic heterocycles. The molecule has 0 fully saturated rings. The van der Waals surface area contributed by atoms with Gasteiger partial charge in [0.05, 0.1) is 34.3 Å². The van der Waals surface area contributed by atoms with Crippen molar-refractivity contribution in [3.8, 4) is 58.5 Å². The third kappa shape index (κ3) is 8.87. The number of carbonyl (C=O) groups is 2. The number of benzene rings is 2. The molecule has 0 aliphatic carbocycles. The van der Waals surface area contributed by atoms with Crippen LogP contribution in [0.25, 0.3) is 22.8 Å². The molecule has 19 heteroatoms. The summed E-state index contributed by atoms with van der Waals surface area (Å²) in [5.74, 6) is 7.87. The lowest BCUT2D eigenvalue weighted by atomic mass is 10.0. The molecule has 6 N–H and O–H groups in total. The van der Waals surface area contributed by atoms with Crippen LogP contribution in [0.3, 0.4) is 0 Å². The number of amides is 2. The number of halogens is 3. The molecule has 0 spiro atoms. The summed E-state index contributed by atoms with van der Waals surface area (Å²) in [7, 11) is 3.52. The van der Waals surface area contributed by atoms with E-state index in [4.69, 9.17) is 27.4 Å². The Balaban J connectivity index is 0.000000166. The summed E-state index contributed by atoms with van der Waals surface area (Å²) in [5.41, 5.74) is 9.17. The van der Waals surface area contributed by atoms with Gasteiger partial charge in [-0.05, 0) is 41.9 Å². The van der Waals surface area contributed by atoms with Crippen LogP contribution in [-0.2, 0) is 38.4 Å². The first-order chi connectivity index (χ1) is 27.9. The standard InChI is InChI=1S/C20H18FN5O3.C12H9BrFN3O2.C8H10N2O/c1-20(28,19-23-5-6-25(19)2)4-3-12-9-13-16(10-14(12)21)29-8-7-26-11-15(17(22)27)24-18(13)26;13-7-3-6-10(4-8(7)14)19-2-1-17-5-9(11(15)18)16-12(6)17;1-4-8(2,11)7-9-5-6-10(7)3/h5-6,9-11,28H,7-8H2,1-2H3,(H2,22,27);3-5H,1-2H2,(H2,15,18);1,5-6,11H,2-3H3. The zero-order valence-electron chi connectivity index (χ0n) is 32.1. The normalized spacial score (nSPS) is 14.2. The molecule has 304 valence electrons. The number of nitrogens with zero attached hydrogens (tertiary/aromatic N) is 8. The summed E-state index contributed by atoms with van der Waals surface area (Å²) >= 11 is 3.13. The Hall–Kier alpha value is -6.80. The van der Waals surface area contributed by atoms with Gasteiger partial charge in [-0.15, -0.1) is 6.42 Å². The van der Waals surface area contributed by atoms with Crippen molar-refractivity contribution in [1.29, 1.82) is 0 Å². The molecular weight excluding hydrogens is 834 g/mol. The van der Waals surface area contributed by atoms with Crippen molar-refractivity contribution in [3.05, 3.63) is 106 Å². The maximum atomic E-state index is 14.6. The number of aromatic nitrogens is 8. The summed E-state index contributed by atoms with van der Waals surface area (Å²) in [5, 5.41) is 20.2. The second-order valence-corrected chi connectivity index (χ2v) is 14.4. The number of imidazole rings is 4. The van der Waals surface area contributed by atoms with Crippen LogP contribution < -0.4 is 20.9 Å². The van der Waals surface area contributed by atoms with Crippen molar-refractivity contribution in [2.24, 2.45) is 25.6 Å². The van der Waals surface area contributed by atoms with Crippen LogP contribution in [-0.4, -0.2) is 73.4 Å². The maximum absolute atomic E-state index is 14.6. The van der Waals surface area contributed by atoms with E-state index < -0.39 is 34.7 Å². The molecule has 0 bridgehead atoms. The Kier molecular flexibility index (Phi) is 11.8. The molecule has 8 rings (SSSR count). The van der Waals surface area contributed by atoms with Gasteiger partial charge in [0.15, 0.2) is 22.9 Å². The largest absolute Gasteiger partial charge is 0.491 e. The highest BCUT2D eigenvalue weighted by atomic mass is 79.9. The Labute approximate surface area is 344 Å². The zero-order valence-corrected chi connectivity index (χ0v) is 33.7. The van der Waals surface area contributed by atoms with Gasteiger partial charge < -0.3 is 49.4 Å². The SMILES string of the molecule is C#CC(C)(O)c1nccn1C.Cn1ccnc1C(C)(O)C#Cc1cc2c(cc1F)OCCn1cc(C(N)=O)nc1-2.NC(=O)c1cn2c(n1)-c1cc(Br)c(F)cc1OCC2. The van der Waals surface area contributed by atoms with Crippen molar-refractivity contribution in [2.75, 3.05) is 13.2 Å². The summed E-state index contributed by atoms with van der Waals surface area (Å²) < 4.78 is 46.4. The van der Waals surface area contributed by atoms with Crippen molar-refractivity contribution in [2.45, 2.75) is 38.1 Å². The van der Waals surface area contributed by atoms with Gasteiger partial charge >= 0.3 is 0 Å². The fourth-order valence-corrected chi connectivity index (χ4v) is 6.44. The van der Waals surface area contributed by atoms with Crippen LogP contribution in [0.5, 0.6) is 11.5 Å². The predicted molar refractivity (Wildman–Crippen MR) is 212 cm³/mol. The van der Waals surface area contributed by atoms with Gasteiger partial charge in [0.1, 0.15) is 59.4 Å². The molecule has 2 aliphatic heterocycles. The summed E-state index contributed by atoms with van der Waals surface area (Å²) in [4.78, 5) is 39.1. The van der Waals surface area contributed by atoms with Crippen LogP contribution in [0, 0.1) is 35.8 Å². The lowest BCUT2D eigenvalue weighted by Crippen LogP contribution is -2.23. The number of aliphatic hydroxyl groups is 2. The molecule has 2 aliphatic rings. The van der Waals surface area contributed by atoms with Gasteiger partial charge in [-0.3, -0.25) is 9.59 Å². The molecule has 2 unspecified atom stereocenters. The minimum absolute atomic E-state index is 0.0545. The van der Waals surface area contributed by atoms with E-state index in [1.165, 1.54) is 38.2 Å². The predicted octanol–water partition coefficient (Wildman–Crippen LogP) is 3.38. The lowest BCUT2D eigenvalue weighted by Gasteiger charge is -2.15. The summed E-state index contributed by atoms with van der Waals surface area (Å²) in [6, 6.07) is 5.59. The molecule has 2 amide bonds. The molecule has 0 saturated heterocycles. The van der Waals surface area contributed by atoms with Gasteiger partial charge in [-0.25, -0.2) is 28.7 Å². The topological polar surface area (TPSA) is 216 Å². The van der Waals surface area contributed by atoms with E-state index in [1.54, 1.807) is 69.4 Å². The van der Waals surface area contributed by atoms with E-state index in [0.29, 0.717) is 70.1 Å². The molecule has 0 radical (unpaired) electrons. The second-order valence-electron chi connectivity index (χ2n) is 13.6. The maximum Gasteiger partial charge on any atom is 0.268 e. The van der Waals surface area contributed by atoms with Crippen molar-refractivity contribution in [3.63, 3.8) is 0 Å². The molecular formula is C40H37BrF2N10O6. The third-order valence-corrected chi connectivity index (χ3v) is 9.65. The molecule has 6 heterocycles. The smallest absolute Gasteiger partial charge is 0.268 e. The number of fused-ring (bicyclic) bond motifs is 6. The van der Waals surface area contributed by atoms with E-state index in [-0.39, 0.29) is 23.6 Å². The van der Waals surface area contributed by atoms with Crippen molar-refractivity contribution < 1.29 is 38.1 Å². The molecule has 59 heavy (non-hydrogen) atoms. The van der Waals surface area contributed by atoms with Crippen molar-refractivity contribution >= 4 is 27.7 Å². The van der Waals surface area contributed by atoms with Gasteiger partial charge in [-0.2, -0.15) is 0 Å². The molecule has 2 atom stereocenters. The minimum atomic E-state index is -1.58. The Morgan fingerprint density at radius 1 is 0.814 bits per heavy atom. The van der Waals surface area contributed by atoms with Gasteiger partial charge in [0.25, 0.3) is 11.8 Å². The minimum Gasteiger partial charge on any atom is -0.491 e. The van der Waals surface area contributed by atoms with Crippen LogP contribution in [0.2, 0.25) is 0 Å². The highest BCUT2D eigenvalue weighted by Crippen LogP contribution is 2.36. The number of ether oxygens (including phenoxy) is 2. The van der Waals surface area contributed by atoms with E-state index >= 15 is 0 Å². The number of hydrogen-bond acceptors (Lipinski definition) is 10. The number of hydrogen-bond donors (Lipinski definition) is 4. The Morgan fingerprint density at radius 2 is 1.29 bits per heavy atom. The monoisotopic (exact) mass is 870 g/mol. The van der Waals surface area contributed by atoms with E-state index in [0.717, 1.165) is 0 Å². The van der Waals surface area contributed by atoms with Gasteiger partial charge in [0, 0.05) is 63.4 Å². The average molecular weight is 872 g/mol. The van der Waals surface area contributed by atoms with Gasteiger partial charge in [-0.1, -0.05) is 17.8 Å². The fourth-order valence-electron chi connectivity index (χ4n) is 6.09. The van der Waals surface area contributed by atoms with Crippen LogP contribution >= 0.6 is 15.9 Å². The third-order valence-electron chi connectivity index (χ3n) is 9.05. The summed E-state index contributed by atoms with van der Waals surface area (Å²) in [6.45, 7) is 4.63. The number of carbonyl (C=O) groups excluding carboxylic acids is 2. The number of nitrogens with two attached hydrogens (primary N) is 2. The number of primary amides is 2. The quantitative estimate of drug-likeness (QED) is 0.190. The van der Waals surface area contributed by atoms with Crippen LogP contribution in [0.15, 0.2) is 65.9 Å². The highest BCUT2D eigenvalue weighted by Gasteiger charge is 2.27. The first-order valence-electron chi connectivity index (χ1n) is 17.6. The molecule has 16 nitrogen and oxygen atoms in total. The first kappa shape index (κ1) is 41.8. The van der Waals surface area contributed by atoms with Crippen LogP contribution in [0.1, 0.15) is 52.0 Å². The first-order valence-corrected chi connectivity index (χ1v) is 18.4. The fraction of sp³-hybridized carbons (Fsp3) is 0.250. The number of terminal acetylenes is 1. The van der Waals surface area contributed by atoms with E-state index in [1.807, 2.05) is 0 Å². The average Bonchev–Trinajstić information content (AvgIpc) is 3.98. The Morgan fingerprint density at radius 3 is 1.75 bits per heavy atom. The molecule has 6 aromatic rings. The van der Waals surface area contributed by atoms with E-state index in [9.17, 15) is 28.6 Å². The number of aryl methyl sites for hydroxylation is 2. The number of rotatable bonds is 4. The zero-order chi connectivity index (χ0) is 42.8. The molecule has 2 aromatic carbocycles. The van der Waals surface area contributed by atoms with E-state index in [2.05, 4.69) is 53.6 Å². The van der Waals surface area contributed by atoms with Gasteiger partial charge in [0.2, 0.25) is 0 Å². The lowest BCUT2D eigenvalue weighted by molar-refractivity contribution is 0.0987. The van der Waals surface area contributed by atoms with Crippen molar-refractivity contribution in [1.82, 2.24) is 38.2 Å². The highest BCUT2D eigenvalue weighted by molar-refractivity contribution is 9.10. The summed E-state index contributed by atoms with van der Waals surface area (Å²) in [6.07, 6.45) is 14.8. The second kappa shape index (κ2) is 16.6.